The molecule has 0 spiro atoms. The number of urea groups is 1. The van der Waals surface area contributed by atoms with Gasteiger partial charge in [-0.2, -0.15) is 10.4 Å². The molecule has 2 aromatic rings. The van der Waals surface area contributed by atoms with Crippen LogP contribution in [0.5, 0.6) is 0 Å². The number of aliphatic hydroxyl groups is 1. The highest BCUT2D eigenvalue weighted by atomic mass is 16.3. The van der Waals surface area contributed by atoms with Crippen LogP contribution < -0.4 is 10.6 Å². The zero-order valence-corrected chi connectivity index (χ0v) is 13.1. The van der Waals surface area contributed by atoms with Gasteiger partial charge in [0.05, 0.1) is 25.2 Å². The van der Waals surface area contributed by atoms with Crippen LogP contribution >= 0.6 is 0 Å². The summed E-state index contributed by atoms with van der Waals surface area (Å²) in [6.45, 7) is 1.66. The standard InChI is InChI=1S/C16H19N5O2/c1-16(23,13-9-19-21(2)10-13)11-18-15(22)20-14-5-3-12(4-6-14)7-8-17/h3-6,9-10,23H,7,11H2,1-2H3,(H2,18,20,22). The highest BCUT2D eigenvalue weighted by Crippen LogP contribution is 2.18. The van der Waals surface area contributed by atoms with Crippen molar-refractivity contribution in [2.75, 3.05) is 11.9 Å². The molecule has 0 aliphatic heterocycles. The Hall–Kier alpha value is -2.85. The third kappa shape index (κ3) is 4.56. The van der Waals surface area contributed by atoms with Crippen molar-refractivity contribution < 1.29 is 9.90 Å². The summed E-state index contributed by atoms with van der Waals surface area (Å²) in [6, 6.07) is 8.67. The Balaban J connectivity index is 1.88. The lowest BCUT2D eigenvalue weighted by molar-refractivity contribution is 0.0599. The number of carbonyl (C=O) groups excluding carboxylic acids is 1. The molecule has 2 rings (SSSR count). The summed E-state index contributed by atoms with van der Waals surface area (Å²) in [4.78, 5) is 11.9. The fourth-order valence-electron chi connectivity index (χ4n) is 2.03. The lowest BCUT2D eigenvalue weighted by Crippen LogP contribution is -2.40. The molecule has 120 valence electrons. The second-order valence-corrected chi connectivity index (χ2v) is 5.52. The van der Waals surface area contributed by atoms with Crippen molar-refractivity contribution in [3.63, 3.8) is 0 Å². The molecule has 0 fully saturated rings. The van der Waals surface area contributed by atoms with Gasteiger partial charge in [0, 0.05) is 24.5 Å². The van der Waals surface area contributed by atoms with Crippen LogP contribution in [0.25, 0.3) is 0 Å². The van der Waals surface area contributed by atoms with Crippen molar-refractivity contribution in [3.05, 3.63) is 47.8 Å². The van der Waals surface area contributed by atoms with E-state index in [0.717, 1.165) is 5.56 Å². The Labute approximate surface area is 134 Å². The fraction of sp³-hybridized carbons (Fsp3) is 0.312. The third-order valence-corrected chi connectivity index (χ3v) is 3.41. The summed E-state index contributed by atoms with van der Waals surface area (Å²) >= 11 is 0. The normalized spacial score (nSPS) is 13.0. The van der Waals surface area contributed by atoms with Crippen LogP contribution in [0.2, 0.25) is 0 Å². The van der Waals surface area contributed by atoms with Crippen LogP contribution in [-0.4, -0.2) is 27.5 Å². The van der Waals surface area contributed by atoms with Gasteiger partial charge in [-0.3, -0.25) is 4.68 Å². The van der Waals surface area contributed by atoms with Gasteiger partial charge in [-0.1, -0.05) is 12.1 Å². The zero-order valence-electron chi connectivity index (χ0n) is 13.1. The predicted octanol–water partition coefficient (Wildman–Crippen LogP) is 1.52. The van der Waals surface area contributed by atoms with E-state index in [1.165, 1.54) is 0 Å². The maximum Gasteiger partial charge on any atom is 0.319 e. The molecule has 1 atom stereocenters. The van der Waals surface area contributed by atoms with Crippen molar-refractivity contribution in [1.29, 1.82) is 5.26 Å². The van der Waals surface area contributed by atoms with Crippen LogP contribution in [0, 0.1) is 11.3 Å². The molecule has 1 unspecified atom stereocenters. The Bertz CT molecular complexity index is 713. The Kier molecular flexibility index (Phi) is 4.98. The van der Waals surface area contributed by atoms with Crippen LogP contribution in [-0.2, 0) is 19.1 Å². The largest absolute Gasteiger partial charge is 0.383 e. The molecule has 0 saturated heterocycles. The molecule has 7 heteroatoms. The minimum atomic E-state index is -1.21. The molecule has 0 saturated carbocycles. The van der Waals surface area contributed by atoms with Gasteiger partial charge in [0.2, 0.25) is 0 Å². The van der Waals surface area contributed by atoms with Crippen LogP contribution in [0.3, 0.4) is 0 Å². The number of benzene rings is 1. The first-order chi connectivity index (χ1) is 10.9. The van der Waals surface area contributed by atoms with E-state index in [4.69, 9.17) is 5.26 Å². The van der Waals surface area contributed by atoms with E-state index in [1.807, 2.05) is 0 Å². The van der Waals surface area contributed by atoms with Crippen molar-refractivity contribution in [3.8, 4) is 6.07 Å². The number of nitriles is 1. The average Bonchev–Trinajstić information content (AvgIpc) is 2.95. The number of aromatic nitrogens is 2. The summed E-state index contributed by atoms with van der Waals surface area (Å²) in [5.41, 5.74) is 0.923. The van der Waals surface area contributed by atoms with Crippen molar-refractivity contribution in [2.24, 2.45) is 7.05 Å². The first kappa shape index (κ1) is 16.5. The number of rotatable bonds is 5. The maximum absolute atomic E-state index is 11.9. The maximum atomic E-state index is 11.9. The Morgan fingerprint density at radius 2 is 2.13 bits per heavy atom. The number of carbonyl (C=O) groups is 1. The molecule has 0 radical (unpaired) electrons. The molecule has 0 aliphatic rings. The number of hydrogen-bond acceptors (Lipinski definition) is 4. The summed E-state index contributed by atoms with van der Waals surface area (Å²) < 4.78 is 1.59. The number of amides is 2. The topological polar surface area (TPSA) is 103 Å². The third-order valence-electron chi connectivity index (χ3n) is 3.41. The van der Waals surface area contributed by atoms with Crippen molar-refractivity contribution in [2.45, 2.75) is 18.9 Å². The summed E-state index contributed by atoms with van der Waals surface area (Å²) in [6.07, 6.45) is 3.60. The molecule has 0 aliphatic carbocycles. The molecule has 23 heavy (non-hydrogen) atoms. The zero-order chi connectivity index (χ0) is 16.9. The Morgan fingerprint density at radius 1 is 1.43 bits per heavy atom. The minimum Gasteiger partial charge on any atom is -0.383 e. The van der Waals surface area contributed by atoms with Crippen LogP contribution in [0.15, 0.2) is 36.7 Å². The number of anilines is 1. The average molecular weight is 313 g/mol. The number of aryl methyl sites for hydroxylation is 1. The molecule has 7 nitrogen and oxygen atoms in total. The highest BCUT2D eigenvalue weighted by Gasteiger charge is 2.25. The lowest BCUT2D eigenvalue weighted by atomic mass is 10.00. The summed E-state index contributed by atoms with van der Waals surface area (Å²) in [5, 5.41) is 28.3. The van der Waals surface area contributed by atoms with Gasteiger partial charge in [-0.15, -0.1) is 0 Å². The Morgan fingerprint density at radius 3 is 2.70 bits per heavy atom. The van der Waals surface area contributed by atoms with Crippen molar-refractivity contribution in [1.82, 2.24) is 15.1 Å². The highest BCUT2D eigenvalue weighted by molar-refractivity contribution is 5.89. The quantitative estimate of drug-likeness (QED) is 0.778. The predicted molar refractivity (Wildman–Crippen MR) is 85.6 cm³/mol. The summed E-state index contributed by atoms with van der Waals surface area (Å²) in [7, 11) is 1.76. The second kappa shape index (κ2) is 6.94. The SMILES string of the molecule is Cn1cc(C(C)(O)CNC(=O)Nc2ccc(CC#N)cc2)cn1. The molecule has 1 aromatic carbocycles. The van der Waals surface area contributed by atoms with Gasteiger partial charge in [0.1, 0.15) is 5.60 Å². The van der Waals surface area contributed by atoms with Crippen LogP contribution in [0.4, 0.5) is 10.5 Å². The van der Waals surface area contributed by atoms with Gasteiger partial charge in [0.25, 0.3) is 0 Å². The van der Waals surface area contributed by atoms with E-state index < -0.39 is 11.6 Å². The smallest absolute Gasteiger partial charge is 0.319 e. The first-order valence-electron chi connectivity index (χ1n) is 7.13. The van der Waals surface area contributed by atoms with E-state index in [-0.39, 0.29) is 6.54 Å². The van der Waals surface area contributed by atoms with Gasteiger partial charge < -0.3 is 15.7 Å². The van der Waals surface area contributed by atoms with E-state index in [2.05, 4.69) is 21.8 Å². The minimum absolute atomic E-state index is 0.0526. The van der Waals surface area contributed by atoms with E-state index in [0.29, 0.717) is 17.7 Å². The van der Waals surface area contributed by atoms with E-state index in [9.17, 15) is 9.90 Å². The molecule has 1 aromatic heterocycles. The number of nitrogens with one attached hydrogen (secondary N) is 2. The van der Waals surface area contributed by atoms with Gasteiger partial charge in [-0.05, 0) is 24.6 Å². The number of nitrogens with zero attached hydrogens (tertiary/aromatic N) is 3. The summed E-state index contributed by atoms with van der Waals surface area (Å²) in [5.74, 6) is 0. The lowest BCUT2D eigenvalue weighted by Gasteiger charge is -2.22. The molecule has 0 bridgehead atoms. The van der Waals surface area contributed by atoms with E-state index >= 15 is 0 Å². The van der Waals surface area contributed by atoms with Gasteiger partial charge >= 0.3 is 6.03 Å². The molecular weight excluding hydrogens is 294 g/mol. The fourth-order valence-corrected chi connectivity index (χ4v) is 2.03. The first-order valence-corrected chi connectivity index (χ1v) is 7.13. The molecule has 3 N–H and O–H groups in total. The second-order valence-electron chi connectivity index (χ2n) is 5.52. The van der Waals surface area contributed by atoms with E-state index in [1.54, 1.807) is 55.3 Å². The molecular formula is C16H19N5O2. The monoisotopic (exact) mass is 313 g/mol. The van der Waals surface area contributed by atoms with Crippen molar-refractivity contribution >= 4 is 11.7 Å². The van der Waals surface area contributed by atoms with Gasteiger partial charge in [0.15, 0.2) is 0 Å². The van der Waals surface area contributed by atoms with Crippen LogP contribution in [0.1, 0.15) is 18.1 Å². The van der Waals surface area contributed by atoms with Gasteiger partial charge in [-0.25, -0.2) is 4.79 Å². The molecule has 2 amide bonds. The molecule has 1 heterocycles. The number of hydrogen-bond donors (Lipinski definition) is 3.